The van der Waals surface area contributed by atoms with E-state index in [1.165, 1.54) is 6.07 Å². The fourth-order valence-corrected chi connectivity index (χ4v) is 10.00. The molecule has 400 valence electrons. The minimum Gasteiger partial charge on any atom is -0.379 e. The Labute approximate surface area is 433 Å². The highest BCUT2D eigenvalue weighted by atomic mass is 32.2. The quantitative estimate of drug-likeness (QED) is 0.0419. The number of sulfonamides is 1. The Kier molecular flexibility index (Phi) is 20.0. The molecule has 2 saturated heterocycles. The van der Waals surface area contributed by atoms with Crippen molar-refractivity contribution in [3.8, 4) is 0 Å². The predicted octanol–water partition coefficient (Wildman–Crippen LogP) is 3.93. The zero-order chi connectivity index (χ0) is 52.7. The molecule has 22 heteroatoms. The molecule has 0 spiro atoms. The van der Waals surface area contributed by atoms with Crippen molar-refractivity contribution in [1.82, 2.24) is 30.4 Å². The highest BCUT2D eigenvalue weighted by Gasteiger charge is 2.45. The molecule has 0 saturated carbocycles. The number of rotatable bonds is 27. The normalized spacial score (nSPS) is 17.6. The minimum atomic E-state index is -3.95. The number of hydrogen-bond donors (Lipinski definition) is 5. The van der Waals surface area contributed by atoms with Crippen molar-refractivity contribution in [2.45, 2.75) is 69.4 Å². The molecule has 2 atom stereocenters. The Morgan fingerprint density at radius 2 is 1.41 bits per heavy atom. The molecule has 3 aliphatic rings. The zero-order valence-electron chi connectivity index (χ0n) is 42.7. The third-order valence-corrected chi connectivity index (χ3v) is 13.7. The number of hydrogen-bond acceptors (Lipinski definition) is 18. The third-order valence-electron chi connectivity index (χ3n) is 12.7. The average Bonchev–Trinajstić information content (AvgIpc) is 3.37. The van der Waals surface area contributed by atoms with Crippen LogP contribution >= 0.6 is 0 Å². The summed E-state index contributed by atoms with van der Waals surface area (Å²) >= 11 is 0. The van der Waals surface area contributed by atoms with E-state index < -0.39 is 51.2 Å². The molecule has 3 aliphatic heterocycles. The van der Waals surface area contributed by atoms with Crippen molar-refractivity contribution in [2.24, 2.45) is 5.14 Å². The number of amides is 4. The lowest BCUT2D eigenvalue weighted by atomic mass is 9.85. The van der Waals surface area contributed by atoms with Gasteiger partial charge in [0.1, 0.15) is 17.9 Å². The summed E-state index contributed by atoms with van der Waals surface area (Å²) in [5.74, 6) is -1.20. The van der Waals surface area contributed by atoms with Gasteiger partial charge >= 0.3 is 0 Å². The van der Waals surface area contributed by atoms with Crippen LogP contribution in [0.4, 0.5) is 28.8 Å². The van der Waals surface area contributed by atoms with E-state index in [2.05, 4.69) is 48.2 Å². The summed E-state index contributed by atoms with van der Waals surface area (Å²) < 4.78 is 53.2. The highest BCUT2D eigenvalue weighted by Crippen LogP contribution is 2.37. The second kappa shape index (κ2) is 26.5. The fourth-order valence-electron chi connectivity index (χ4n) is 9.03. The van der Waals surface area contributed by atoms with Crippen molar-refractivity contribution in [1.29, 1.82) is 0 Å². The van der Waals surface area contributed by atoms with Crippen LogP contribution in [0.1, 0.15) is 73.1 Å². The number of aryl methyl sites for hydroxylation is 1. The Morgan fingerprint density at radius 1 is 0.770 bits per heavy atom. The van der Waals surface area contributed by atoms with Crippen molar-refractivity contribution in [3.63, 3.8) is 0 Å². The Hall–Kier alpha value is -5.95. The first-order valence-corrected chi connectivity index (χ1v) is 26.7. The van der Waals surface area contributed by atoms with Crippen molar-refractivity contribution < 1.29 is 51.3 Å². The number of imide groups is 2. The lowest BCUT2D eigenvalue weighted by Crippen LogP contribution is -2.60. The van der Waals surface area contributed by atoms with Crippen LogP contribution in [-0.4, -0.2) is 163 Å². The number of piperidine rings is 1. The number of piperazine rings is 1. The molecule has 3 aromatic carbocycles. The number of nitrogens with one attached hydrogen (secondary N) is 4. The number of anilines is 5. The highest BCUT2D eigenvalue weighted by molar-refractivity contribution is 7.89. The van der Waals surface area contributed by atoms with Crippen molar-refractivity contribution in [2.75, 3.05) is 121 Å². The largest absolute Gasteiger partial charge is 0.379 e. The molecule has 4 amide bonds. The predicted molar refractivity (Wildman–Crippen MR) is 278 cm³/mol. The van der Waals surface area contributed by atoms with Gasteiger partial charge in [-0.1, -0.05) is 45.0 Å². The van der Waals surface area contributed by atoms with Gasteiger partial charge in [0, 0.05) is 92.2 Å². The summed E-state index contributed by atoms with van der Waals surface area (Å²) in [5.41, 5.74) is 4.33. The van der Waals surface area contributed by atoms with Crippen LogP contribution in [-0.2, 0) is 53.5 Å². The van der Waals surface area contributed by atoms with Crippen molar-refractivity contribution >= 4 is 62.5 Å². The topological polar surface area (TPSA) is 258 Å². The molecule has 4 aromatic rings. The standard InChI is InChI=1S/C52H70N10O11S/c1-36-35-55-51(59-47(36)57-41-11-7-12-43(74(53,67)68)45(41)52(2,3)4)56-37-13-15-38(16-14-37)61-23-21-60(22-24-61)20-8-25-69-27-29-71-31-33-73-34-32-72-30-28-70-26-19-54-46-39-9-5-6-10-40(39)49(65)62(50(46)66)42-17-18-44(63)58-48(42)64/h5-7,9-16,35,42,46,54H,8,17-34H2,1-4H3,(H2,53,67,68)(H,58,63,64)(H2,55,56,57,59). The fraction of sp³-hybridized carbons (Fsp3) is 0.500. The summed E-state index contributed by atoms with van der Waals surface area (Å²) in [5, 5.41) is 17.6. The smallest absolute Gasteiger partial charge is 0.261 e. The first kappa shape index (κ1) is 55.8. The first-order valence-electron chi connectivity index (χ1n) is 25.1. The van der Waals surface area contributed by atoms with Crippen LogP contribution in [0.3, 0.4) is 0 Å². The van der Waals surface area contributed by atoms with Crippen LogP contribution in [0, 0.1) is 6.92 Å². The van der Waals surface area contributed by atoms with E-state index in [9.17, 15) is 27.6 Å². The van der Waals surface area contributed by atoms with Gasteiger partial charge in [-0.2, -0.15) is 4.98 Å². The maximum atomic E-state index is 13.5. The molecule has 7 rings (SSSR count). The van der Waals surface area contributed by atoms with E-state index in [-0.39, 0.29) is 17.7 Å². The molecule has 2 fully saturated rings. The second-order valence-electron chi connectivity index (χ2n) is 19.2. The van der Waals surface area contributed by atoms with Gasteiger partial charge in [-0.05, 0) is 73.2 Å². The van der Waals surface area contributed by atoms with E-state index in [4.69, 9.17) is 33.8 Å². The lowest BCUT2D eigenvalue weighted by molar-refractivity contribution is -0.144. The monoisotopic (exact) mass is 1040 g/mol. The number of benzene rings is 3. The Balaban J connectivity index is 0.680. The third kappa shape index (κ3) is 15.3. The maximum Gasteiger partial charge on any atom is 0.261 e. The van der Waals surface area contributed by atoms with Crippen LogP contribution in [0.25, 0.3) is 0 Å². The number of ether oxygens (including phenoxy) is 5. The molecule has 2 unspecified atom stereocenters. The molecule has 21 nitrogen and oxygen atoms in total. The van der Waals surface area contributed by atoms with E-state index in [0.717, 1.165) is 61.0 Å². The number of fused-ring (bicyclic) bond motifs is 1. The molecular formula is C52H70N10O11S. The van der Waals surface area contributed by atoms with Crippen LogP contribution in [0.15, 0.2) is 77.8 Å². The lowest BCUT2D eigenvalue weighted by Gasteiger charge is -2.38. The van der Waals surface area contributed by atoms with E-state index in [0.29, 0.717) is 107 Å². The first-order chi connectivity index (χ1) is 35.6. The SMILES string of the molecule is Cc1cnc(Nc2ccc(N3CCN(CCCOCCOCCOCCOCCOCCNC4C(=O)N(C5CCC(=O)NC5=O)C(=O)c5ccccc54)CC3)cc2)nc1Nc1cccc(S(N)(=O)=O)c1C(C)(C)C. The van der Waals surface area contributed by atoms with Crippen LogP contribution in [0.5, 0.6) is 0 Å². The summed E-state index contributed by atoms with van der Waals surface area (Å²) in [6.45, 7) is 17.2. The molecule has 0 aliphatic carbocycles. The van der Waals surface area contributed by atoms with E-state index >= 15 is 0 Å². The number of aromatic nitrogens is 2. The molecular weight excluding hydrogens is 973 g/mol. The maximum absolute atomic E-state index is 13.5. The van der Waals surface area contributed by atoms with Gasteiger partial charge in [0.2, 0.25) is 27.8 Å². The molecule has 6 N–H and O–H groups in total. The summed E-state index contributed by atoms with van der Waals surface area (Å²) in [7, 11) is -3.95. The number of nitrogens with zero attached hydrogens (tertiary/aromatic N) is 5. The van der Waals surface area contributed by atoms with Gasteiger partial charge in [-0.15, -0.1) is 0 Å². The molecule has 1 aromatic heterocycles. The van der Waals surface area contributed by atoms with Crippen LogP contribution < -0.4 is 31.3 Å². The molecule has 0 radical (unpaired) electrons. The Morgan fingerprint density at radius 3 is 2.04 bits per heavy atom. The van der Waals surface area contributed by atoms with Crippen molar-refractivity contribution in [3.05, 3.63) is 95.2 Å². The molecule has 4 heterocycles. The van der Waals surface area contributed by atoms with Gasteiger partial charge in [0.15, 0.2) is 0 Å². The second-order valence-corrected chi connectivity index (χ2v) is 20.7. The number of carbonyl (C=O) groups is 4. The van der Waals surface area contributed by atoms with Gasteiger partial charge < -0.3 is 39.2 Å². The zero-order valence-corrected chi connectivity index (χ0v) is 43.5. The molecule has 74 heavy (non-hydrogen) atoms. The number of nitrogens with two attached hydrogens (primary N) is 1. The summed E-state index contributed by atoms with van der Waals surface area (Å²) in [6.07, 6.45) is 2.80. The van der Waals surface area contributed by atoms with Gasteiger partial charge in [0.05, 0.1) is 64.4 Å². The van der Waals surface area contributed by atoms with E-state index in [1.54, 1.807) is 36.5 Å². The Bertz CT molecular complexity index is 2660. The van der Waals surface area contributed by atoms with Crippen LogP contribution in [0.2, 0.25) is 0 Å². The van der Waals surface area contributed by atoms with Gasteiger partial charge in [-0.25, -0.2) is 18.5 Å². The number of carbonyl (C=O) groups excluding carboxylic acids is 4. The summed E-state index contributed by atoms with van der Waals surface area (Å²) in [6, 6.07) is 18.1. The average molecular weight is 1040 g/mol. The summed E-state index contributed by atoms with van der Waals surface area (Å²) in [4.78, 5) is 66.0. The van der Waals surface area contributed by atoms with Gasteiger partial charge in [0.25, 0.3) is 11.8 Å². The minimum absolute atomic E-state index is 0.0514. The number of primary sulfonamides is 1. The molecule has 0 bridgehead atoms. The van der Waals surface area contributed by atoms with E-state index in [1.807, 2.05) is 45.9 Å². The van der Waals surface area contributed by atoms with Gasteiger partial charge in [-0.3, -0.25) is 39.6 Å².